The van der Waals surface area contributed by atoms with Gasteiger partial charge in [0.25, 0.3) is 0 Å². The number of rotatable bonds is 6. The van der Waals surface area contributed by atoms with E-state index < -0.39 is 5.97 Å². The number of carbonyl (C=O) groups is 1. The molecule has 4 nitrogen and oxygen atoms in total. The van der Waals surface area contributed by atoms with Crippen molar-refractivity contribution in [3.05, 3.63) is 40.3 Å². The molecule has 0 aromatic heterocycles. The van der Waals surface area contributed by atoms with E-state index in [0.717, 1.165) is 16.9 Å². The summed E-state index contributed by atoms with van der Waals surface area (Å²) in [5.41, 5.74) is 0.154. The first-order valence-corrected chi connectivity index (χ1v) is 7.14. The summed E-state index contributed by atoms with van der Waals surface area (Å²) < 4.78 is 11.1. The molecule has 0 spiro atoms. The summed E-state index contributed by atoms with van der Waals surface area (Å²) >= 11 is 0. The maximum atomic E-state index is 11.4. The highest BCUT2D eigenvalue weighted by atomic mass is 16.5. The standard InChI is InChI=1S/C18H18O4/c1-3-9-21-16-8-6-5-7-13-11-15(18(19)20)17(12-14(13)16)22-10-4-2/h1,6-8,11-12H,4-5,9-10H2,2H3,(H,19,20). The van der Waals surface area contributed by atoms with Crippen LogP contribution in [0.4, 0.5) is 0 Å². The van der Waals surface area contributed by atoms with Crippen LogP contribution < -0.4 is 15.2 Å². The van der Waals surface area contributed by atoms with Crippen LogP contribution in [-0.2, 0) is 4.74 Å². The maximum absolute atomic E-state index is 11.4. The molecule has 2 rings (SSSR count). The molecule has 0 heterocycles. The van der Waals surface area contributed by atoms with Crippen LogP contribution in [0.3, 0.4) is 0 Å². The molecule has 1 N–H and O–H groups in total. The Morgan fingerprint density at radius 2 is 2.23 bits per heavy atom. The molecule has 1 aliphatic rings. The topological polar surface area (TPSA) is 55.8 Å². The lowest BCUT2D eigenvalue weighted by Gasteiger charge is -2.10. The van der Waals surface area contributed by atoms with E-state index in [9.17, 15) is 9.90 Å². The molecule has 22 heavy (non-hydrogen) atoms. The molecule has 0 aliphatic heterocycles. The number of benzene rings is 1. The Labute approximate surface area is 129 Å². The first kappa shape index (κ1) is 15.7. The third-order valence-electron chi connectivity index (χ3n) is 3.16. The van der Waals surface area contributed by atoms with Crippen LogP contribution in [0.1, 0.15) is 30.1 Å². The van der Waals surface area contributed by atoms with Crippen molar-refractivity contribution in [1.82, 2.24) is 0 Å². The molecule has 0 saturated carbocycles. The highest BCUT2D eigenvalue weighted by molar-refractivity contribution is 5.91. The number of fused-ring (bicyclic) bond motifs is 1. The third kappa shape index (κ3) is 3.50. The summed E-state index contributed by atoms with van der Waals surface area (Å²) in [5.74, 6) is 2.39. The van der Waals surface area contributed by atoms with E-state index in [1.54, 1.807) is 12.1 Å². The number of ether oxygens (including phenoxy) is 2. The first-order chi connectivity index (χ1) is 10.7. The van der Waals surface area contributed by atoms with Gasteiger partial charge in [0, 0.05) is 5.22 Å². The Hall–Kier alpha value is -2.67. The number of aromatic carboxylic acids is 1. The predicted octanol–water partition coefficient (Wildman–Crippen LogP) is 1.67. The number of allylic oxidation sites excluding steroid dienone is 1. The molecule has 0 fully saturated rings. The smallest absolute Gasteiger partial charge is 0.339 e. The fraction of sp³-hybridized carbons (Fsp3) is 0.278. The van der Waals surface area contributed by atoms with Crippen molar-refractivity contribution in [3.8, 4) is 18.1 Å². The molecule has 0 atom stereocenters. The van der Waals surface area contributed by atoms with Crippen LogP contribution in [0.25, 0.3) is 11.8 Å². The van der Waals surface area contributed by atoms with Crippen molar-refractivity contribution < 1.29 is 19.4 Å². The van der Waals surface area contributed by atoms with Crippen LogP contribution in [0.5, 0.6) is 5.75 Å². The van der Waals surface area contributed by atoms with Crippen LogP contribution in [0.15, 0.2) is 24.3 Å². The van der Waals surface area contributed by atoms with Gasteiger partial charge in [0.15, 0.2) is 0 Å². The molecule has 4 heteroatoms. The molecule has 1 aliphatic carbocycles. The summed E-state index contributed by atoms with van der Waals surface area (Å²) in [6.45, 7) is 2.58. The van der Waals surface area contributed by atoms with Crippen molar-refractivity contribution in [2.24, 2.45) is 0 Å². The van der Waals surface area contributed by atoms with E-state index in [1.807, 2.05) is 25.2 Å². The second-order valence-corrected chi connectivity index (χ2v) is 4.79. The summed E-state index contributed by atoms with van der Waals surface area (Å²) in [4.78, 5) is 11.4. The van der Waals surface area contributed by atoms with E-state index in [0.29, 0.717) is 24.5 Å². The molecule has 0 bridgehead atoms. The van der Waals surface area contributed by atoms with Gasteiger partial charge < -0.3 is 14.6 Å². The van der Waals surface area contributed by atoms with Crippen molar-refractivity contribution in [1.29, 1.82) is 0 Å². The Balaban J connectivity index is 2.65. The number of hydrogen-bond acceptors (Lipinski definition) is 3. The summed E-state index contributed by atoms with van der Waals surface area (Å²) in [7, 11) is 0. The van der Waals surface area contributed by atoms with Gasteiger partial charge in [-0.3, -0.25) is 0 Å². The minimum atomic E-state index is -1.01. The first-order valence-electron chi connectivity index (χ1n) is 7.14. The Bertz CT molecular complexity index is 751. The third-order valence-corrected chi connectivity index (χ3v) is 3.16. The molecule has 1 aromatic carbocycles. The fourth-order valence-corrected chi connectivity index (χ4v) is 2.18. The Morgan fingerprint density at radius 1 is 1.41 bits per heavy atom. The van der Waals surface area contributed by atoms with Gasteiger partial charge in [-0.1, -0.05) is 25.0 Å². The molecule has 0 amide bonds. The van der Waals surface area contributed by atoms with Gasteiger partial charge in [0.1, 0.15) is 23.7 Å². The lowest BCUT2D eigenvalue weighted by molar-refractivity contribution is 0.0692. The highest BCUT2D eigenvalue weighted by Crippen LogP contribution is 2.16. The largest absolute Gasteiger partial charge is 0.493 e. The minimum Gasteiger partial charge on any atom is -0.493 e. The quantitative estimate of drug-likeness (QED) is 0.812. The Kier molecular flexibility index (Phi) is 5.26. The summed E-state index contributed by atoms with van der Waals surface area (Å²) in [5, 5.41) is 11.0. The van der Waals surface area contributed by atoms with Crippen LogP contribution in [0, 0.1) is 12.3 Å². The van der Waals surface area contributed by atoms with Crippen LogP contribution in [0.2, 0.25) is 0 Å². The van der Waals surface area contributed by atoms with Crippen molar-refractivity contribution in [3.63, 3.8) is 0 Å². The van der Waals surface area contributed by atoms with E-state index >= 15 is 0 Å². The van der Waals surface area contributed by atoms with Gasteiger partial charge >= 0.3 is 5.97 Å². The summed E-state index contributed by atoms with van der Waals surface area (Å²) in [6.07, 6.45) is 12.5. The number of terminal acetylenes is 1. The molecule has 0 unspecified atom stereocenters. The zero-order valence-corrected chi connectivity index (χ0v) is 12.5. The Morgan fingerprint density at radius 3 is 2.91 bits per heavy atom. The van der Waals surface area contributed by atoms with Gasteiger partial charge in [-0.15, -0.1) is 6.42 Å². The average Bonchev–Trinajstić information content (AvgIpc) is 2.71. The SMILES string of the molecule is C#CCOC1=c2cc(OCCC)c(C(=O)O)cc2=CCC=C1. The molecule has 0 radical (unpaired) electrons. The molecular formula is C18H18O4. The fourth-order valence-electron chi connectivity index (χ4n) is 2.18. The van der Waals surface area contributed by atoms with E-state index in [1.165, 1.54) is 0 Å². The van der Waals surface area contributed by atoms with Crippen molar-refractivity contribution in [2.45, 2.75) is 19.8 Å². The average molecular weight is 298 g/mol. The van der Waals surface area contributed by atoms with Gasteiger partial charge in [-0.2, -0.15) is 0 Å². The molecular weight excluding hydrogens is 280 g/mol. The van der Waals surface area contributed by atoms with E-state index in [-0.39, 0.29) is 12.2 Å². The lowest BCUT2D eigenvalue weighted by atomic mass is 10.1. The second kappa shape index (κ2) is 7.37. The van der Waals surface area contributed by atoms with Crippen LogP contribution in [-0.4, -0.2) is 24.3 Å². The maximum Gasteiger partial charge on any atom is 0.339 e. The molecule has 1 aromatic rings. The summed E-state index contributed by atoms with van der Waals surface area (Å²) in [6, 6.07) is 3.33. The second-order valence-electron chi connectivity index (χ2n) is 4.79. The highest BCUT2D eigenvalue weighted by Gasteiger charge is 2.13. The zero-order chi connectivity index (χ0) is 15.9. The van der Waals surface area contributed by atoms with Crippen molar-refractivity contribution >= 4 is 17.8 Å². The van der Waals surface area contributed by atoms with Gasteiger partial charge in [0.2, 0.25) is 0 Å². The van der Waals surface area contributed by atoms with E-state index in [4.69, 9.17) is 15.9 Å². The van der Waals surface area contributed by atoms with Gasteiger partial charge in [0.05, 0.1) is 6.61 Å². The number of hydrogen-bond donors (Lipinski definition) is 1. The number of carboxylic acid groups (broad SMARTS) is 1. The van der Waals surface area contributed by atoms with Crippen LogP contribution >= 0.6 is 0 Å². The van der Waals surface area contributed by atoms with Gasteiger partial charge in [-0.25, -0.2) is 4.79 Å². The monoisotopic (exact) mass is 298 g/mol. The molecule has 0 saturated heterocycles. The van der Waals surface area contributed by atoms with E-state index in [2.05, 4.69) is 5.92 Å². The lowest BCUT2D eigenvalue weighted by Crippen LogP contribution is -2.29. The zero-order valence-electron chi connectivity index (χ0n) is 12.5. The van der Waals surface area contributed by atoms with Crippen molar-refractivity contribution in [2.75, 3.05) is 13.2 Å². The van der Waals surface area contributed by atoms with Gasteiger partial charge in [-0.05, 0) is 36.3 Å². The normalized spacial score (nSPS) is 12.6. The number of carboxylic acids is 1. The predicted molar refractivity (Wildman–Crippen MR) is 84.9 cm³/mol. The minimum absolute atomic E-state index is 0.154. The molecule has 114 valence electrons.